The van der Waals surface area contributed by atoms with Gasteiger partial charge in [0.2, 0.25) is 5.91 Å². The van der Waals surface area contributed by atoms with E-state index < -0.39 is 20.0 Å². The van der Waals surface area contributed by atoms with Crippen molar-refractivity contribution in [1.82, 2.24) is 5.32 Å². The first kappa shape index (κ1) is 69.0. The number of hydrogen-bond acceptors (Lipinski definition) is 6. The molecule has 0 saturated heterocycles. The van der Waals surface area contributed by atoms with Gasteiger partial charge in [0.05, 0.1) is 33.8 Å². The highest BCUT2D eigenvalue weighted by Crippen LogP contribution is 2.43. The molecule has 0 saturated carbocycles. The molecule has 416 valence electrons. The summed E-state index contributed by atoms with van der Waals surface area (Å²) >= 11 is 0. The Morgan fingerprint density at radius 2 is 0.859 bits per heavy atom. The number of unbranched alkanes of at least 4 members (excludes halogenated alkanes) is 32. The molecule has 10 heteroatoms. The highest BCUT2D eigenvalue weighted by molar-refractivity contribution is 7.47. The summed E-state index contributed by atoms with van der Waals surface area (Å²) in [5.74, 6) is -0.521. The van der Waals surface area contributed by atoms with E-state index in [4.69, 9.17) is 13.8 Å². The summed E-state index contributed by atoms with van der Waals surface area (Å²) in [5, 5.41) is 3.05. The standard InChI is InChI=1S/C61H115N2O7P/c1-7-10-13-16-19-22-25-27-28-29-30-31-32-33-34-36-38-41-44-47-50-53-60(64)62-58(57-69-71(66,67)68-56-55-63(4,5)6)59(52-49-46-43-40-37-24-21-18-15-12-9-3)70-61(65)54-51-48-45-42-39-35-26-23-20-17-14-11-8-2/h19,22,27-28,35,39,49,52,58-59H,7-18,20-21,23-26,29-34,36-38,40-48,50-51,53-57H2,1-6H3,(H-,62,64,66,67)/p+1/b22-19-,28-27-,39-35-,52-49-. The maximum Gasteiger partial charge on any atom is 0.472 e. The van der Waals surface area contributed by atoms with E-state index in [0.29, 0.717) is 23.9 Å². The average Bonchev–Trinajstić information content (AvgIpc) is 3.33. The quantitative estimate of drug-likeness (QED) is 0.0205. The topological polar surface area (TPSA) is 111 Å². The van der Waals surface area contributed by atoms with Gasteiger partial charge in [-0.2, -0.15) is 0 Å². The zero-order chi connectivity index (χ0) is 52.2. The van der Waals surface area contributed by atoms with E-state index in [1.807, 2.05) is 33.3 Å². The van der Waals surface area contributed by atoms with Crippen LogP contribution in [0, 0.1) is 0 Å². The fourth-order valence-electron chi connectivity index (χ4n) is 8.55. The van der Waals surface area contributed by atoms with E-state index in [-0.39, 0.29) is 31.5 Å². The number of phosphoric acid groups is 1. The van der Waals surface area contributed by atoms with Crippen molar-refractivity contribution in [3.05, 3.63) is 48.6 Å². The lowest BCUT2D eigenvalue weighted by Crippen LogP contribution is -2.47. The molecule has 71 heavy (non-hydrogen) atoms. The first-order valence-electron chi connectivity index (χ1n) is 30.0. The van der Waals surface area contributed by atoms with Crippen LogP contribution in [-0.4, -0.2) is 74.3 Å². The maximum atomic E-state index is 13.5. The molecule has 0 bridgehead atoms. The predicted molar refractivity (Wildman–Crippen MR) is 305 cm³/mol. The van der Waals surface area contributed by atoms with Gasteiger partial charge in [-0.25, -0.2) is 4.57 Å². The van der Waals surface area contributed by atoms with E-state index in [9.17, 15) is 19.0 Å². The van der Waals surface area contributed by atoms with E-state index in [1.165, 1.54) is 167 Å². The van der Waals surface area contributed by atoms with E-state index in [2.05, 4.69) is 62.5 Å². The fraction of sp³-hybridized carbons (Fsp3) is 0.836. The van der Waals surface area contributed by atoms with Crippen LogP contribution >= 0.6 is 7.82 Å². The molecule has 0 aromatic carbocycles. The number of likely N-dealkylation sites (N-methyl/N-ethyl adjacent to an activating group) is 1. The Balaban J connectivity index is 5.21. The van der Waals surface area contributed by atoms with E-state index >= 15 is 0 Å². The van der Waals surface area contributed by atoms with Crippen LogP contribution < -0.4 is 5.32 Å². The molecule has 9 nitrogen and oxygen atoms in total. The number of ether oxygens (including phenoxy) is 1. The SMILES string of the molecule is CCCCC/C=C\C/C=C\CCCCCCCCCCCCCC(=O)NC(COP(=O)(O)OCC[N+](C)(C)C)C(/C=C\CCCCCCCCCCC)OC(=O)CCCCC/C=C\CCCCCCCC. The van der Waals surface area contributed by atoms with Gasteiger partial charge < -0.3 is 19.4 Å². The Morgan fingerprint density at radius 1 is 0.493 bits per heavy atom. The minimum Gasteiger partial charge on any atom is -0.456 e. The molecule has 3 unspecified atom stereocenters. The van der Waals surface area contributed by atoms with Gasteiger partial charge in [-0.05, 0) is 89.5 Å². The van der Waals surface area contributed by atoms with Crippen LogP contribution in [0.5, 0.6) is 0 Å². The molecule has 1 amide bonds. The summed E-state index contributed by atoms with van der Waals surface area (Å²) in [6.45, 7) is 6.97. The number of carbonyl (C=O) groups excluding carboxylic acids is 2. The molecule has 0 aliphatic heterocycles. The van der Waals surface area contributed by atoms with Gasteiger partial charge >= 0.3 is 13.8 Å². The van der Waals surface area contributed by atoms with Crippen molar-refractivity contribution < 1.29 is 37.3 Å². The molecular formula is C61H116N2O7P+. The highest BCUT2D eigenvalue weighted by atomic mass is 31.2. The lowest BCUT2D eigenvalue weighted by Gasteiger charge is -2.27. The van der Waals surface area contributed by atoms with Crippen molar-refractivity contribution in [3.8, 4) is 0 Å². The minimum absolute atomic E-state index is 0.0379. The second kappa shape index (κ2) is 51.5. The van der Waals surface area contributed by atoms with Crippen molar-refractivity contribution in [2.24, 2.45) is 0 Å². The molecule has 3 atom stereocenters. The number of carbonyl (C=O) groups is 2. The molecule has 0 rings (SSSR count). The van der Waals surface area contributed by atoms with Crippen LogP contribution in [0.25, 0.3) is 0 Å². The van der Waals surface area contributed by atoms with Gasteiger partial charge in [0.1, 0.15) is 19.3 Å². The predicted octanol–water partition coefficient (Wildman–Crippen LogP) is 18.1. The molecule has 0 aliphatic carbocycles. The number of nitrogens with zero attached hydrogens (tertiary/aromatic N) is 1. The molecule has 0 fully saturated rings. The summed E-state index contributed by atoms with van der Waals surface area (Å²) in [5.41, 5.74) is 0. The number of rotatable bonds is 54. The molecule has 0 aliphatic rings. The summed E-state index contributed by atoms with van der Waals surface area (Å²) in [6, 6.07) is -0.853. The van der Waals surface area contributed by atoms with Crippen LogP contribution in [0.3, 0.4) is 0 Å². The highest BCUT2D eigenvalue weighted by Gasteiger charge is 2.30. The van der Waals surface area contributed by atoms with Crippen LogP contribution in [0.4, 0.5) is 0 Å². The monoisotopic (exact) mass is 1020 g/mol. The fourth-order valence-corrected chi connectivity index (χ4v) is 9.29. The molecule has 0 heterocycles. The minimum atomic E-state index is -4.45. The smallest absolute Gasteiger partial charge is 0.456 e. The van der Waals surface area contributed by atoms with Crippen molar-refractivity contribution in [2.45, 2.75) is 290 Å². The Labute approximate surface area is 439 Å². The van der Waals surface area contributed by atoms with Gasteiger partial charge in [-0.1, -0.05) is 224 Å². The van der Waals surface area contributed by atoms with Crippen LogP contribution in [0.1, 0.15) is 278 Å². The Kier molecular flexibility index (Phi) is 50.0. The second-order valence-corrected chi connectivity index (χ2v) is 23.0. The van der Waals surface area contributed by atoms with Crippen LogP contribution in [0.2, 0.25) is 0 Å². The average molecular weight is 1020 g/mol. The second-order valence-electron chi connectivity index (χ2n) is 21.5. The van der Waals surface area contributed by atoms with Crippen molar-refractivity contribution in [1.29, 1.82) is 0 Å². The van der Waals surface area contributed by atoms with Crippen LogP contribution in [-0.2, 0) is 27.9 Å². The normalized spacial score (nSPS) is 14.1. The lowest BCUT2D eigenvalue weighted by atomic mass is 10.0. The number of amides is 1. The molecule has 0 spiro atoms. The Hall–Kier alpha value is -2.03. The Morgan fingerprint density at radius 3 is 1.32 bits per heavy atom. The third-order valence-electron chi connectivity index (χ3n) is 13.2. The van der Waals surface area contributed by atoms with Crippen molar-refractivity contribution >= 4 is 19.7 Å². The van der Waals surface area contributed by atoms with E-state index in [0.717, 1.165) is 70.6 Å². The molecule has 2 N–H and O–H groups in total. The van der Waals surface area contributed by atoms with E-state index in [1.54, 1.807) is 0 Å². The maximum absolute atomic E-state index is 13.5. The zero-order valence-electron chi connectivity index (χ0n) is 47.5. The summed E-state index contributed by atoms with van der Waals surface area (Å²) < 4.78 is 30.6. The number of nitrogens with one attached hydrogen (secondary N) is 1. The third kappa shape index (κ3) is 52.6. The molecular weight excluding hydrogens is 904 g/mol. The largest absolute Gasteiger partial charge is 0.472 e. The summed E-state index contributed by atoms with van der Waals surface area (Å²) in [6.07, 6.45) is 62.5. The first-order valence-corrected chi connectivity index (χ1v) is 31.5. The first-order chi connectivity index (χ1) is 34.4. The van der Waals surface area contributed by atoms with Gasteiger partial charge in [0.15, 0.2) is 0 Å². The van der Waals surface area contributed by atoms with Gasteiger partial charge in [0, 0.05) is 12.8 Å². The number of esters is 1. The van der Waals surface area contributed by atoms with Gasteiger partial charge in [0.25, 0.3) is 0 Å². The molecule has 0 radical (unpaired) electrons. The third-order valence-corrected chi connectivity index (χ3v) is 14.2. The summed E-state index contributed by atoms with van der Waals surface area (Å²) in [7, 11) is 1.49. The molecule has 0 aromatic rings. The van der Waals surface area contributed by atoms with Crippen LogP contribution in [0.15, 0.2) is 48.6 Å². The van der Waals surface area contributed by atoms with Crippen molar-refractivity contribution in [3.63, 3.8) is 0 Å². The van der Waals surface area contributed by atoms with Crippen molar-refractivity contribution in [2.75, 3.05) is 40.9 Å². The van der Waals surface area contributed by atoms with Gasteiger partial charge in [-0.15, -0.1) is 0 Å². The number of allylic oxidation sites excluding steroid dienone is 7. The zero-order valence-corrected chi connectivity index (χ0v) is 48.4. The summed E-state index contributed by atoms with van der Waals surface area (Å²) in [4.78, 5) is 37.6. The number of phosphoric ester groups is 1. The Bertz CT molecular complexity index is 1360. The number of quaternary nitrogens is 1. The van der Waals surface area contributed by atoms with Gasteiger partial charge in [-0.3, -0.25) is 18.6 Å². The lowest BCUT2D eigenvalue weighted by molar-refractivity contribution is -0.870. The number of hydrogen-bond donors (Lipinski definition) is 2. The molecule has 0 aromatic heterocycles.